The summed E-state index contributed by atoms with van der Waals surface area (Å²) in [6.45, 7) is 5.03. The molecule has 0 heterocycles. The average molecular weight is 263 g/mol. The van der Waals surface area contributed by atoms with Crippen LogP contribution in [0.1, 0.15) is 19.4 Å². The van der Waals surface area contributed by atoms with E-state index in [1.165, 1.54) is 6.08 Å². The number of ether oxygens (including phenoxy) is 2. The van der Waals surface area contributed by atoms with Crippen LogP contribution in [-0.4, -0.2) is 26.4 Å². The highest BCUT2D eigenvalue weighted by Gasteiger charge is 1.97. The topological polar surface area (TPSA) is 47.6 Å². The molecule has 4 heteroatoms. The zero-order valence-corrected chi connectivity index (χ0v) is 11.7. The first kappa shape index (κ1) is 15.2. The molecule has 0 fully saturated rings. The molecule has 0 saturated carbocycles. The van der Waals surface area contributed by atoms with E-state index in [0.717, 1.165) is 11.3 Å². The fourth-order valence-electron chi connectivity index (χ4n) is 1.34. The second-order valence-electron chi connectivity index (χ2n) is 4.59. The van der Waals surface area contributed by atoms with Crippen LogP contribution in [0.2, 0.25) is 0 Å². The lowest BCUT2D eigenvalue weighted by Gasteiger charge is -2.05. The molecule has 0 atom stereocenters. The van der Waals surface area contributed by atoms with Crippen LogP contribution in [0.4, 0.5) is 0 Å². The van der Waals surface area contributed by atoms with Gasteiger partial charge in [0, 0.05) is 19.7 Å². The van der Waals surface area contributed by atoms with Crippen LogP contribution >= 0.6 is 0 Å². The Kier molecular flexibility index (Phi) is 6.68. The molecule has 0 unspecified atom stereocenters. The van der Waals surface area contributed by atoms with Gasteiger partial charge in [0.1, 0.15) is 5.75 Å². The Morgan fingerprint density at radius 3 is 2.58 bits per heavy atom. The molecular weight excluding hydrogens is 242 g/mol. The van der Waals surface area contributed by atoms with E-state index >= 15 is 0 Å². The zero-order chi connectivity index (χ0) is 14.1. The smallest absolute Gasteiger partial charge is 0.244 e. The molecule has 19 heavy (non-hydrogen) atoms. The molecule has 1 amide bonds. The van der Waals surface area contributed by atoms with Gasteiger partial charge in [-0.15, -0.1) is 0 Å². The molecule has 1 aromatic rings. The third-order valence-electron chi connectivity index (χ3n) is 2.34. The lowest BCUT2D eigenvalue weighted by atomic mass is 10.2. The number of rotatable bonds is 7. The summed E-state index contributed by atoms with van der Waals surface area (Å²) in [5, 5.41) is 2.82. The first-order valence-electron chi connectivity index (χ1n) is 6.29. The van der Waals surface area contributed by atoms with E-state index in [9.17, 15) is 4.79 Å². The quantitative estimate of drug-likeness (QED) is 0.607. The summed E-state index contributed by atoms with van der Waals surface area (Å²) in [5.74, 6) is 1.12. The minimum atomic E-state index is -0.0755. The zero-order valence-electron chi connectivity index (χ0n) is 11.7. The Hall–Kier alpha value is -1.81. The van der Waals surface area contributed by atoms with Crippen molar-refractivity contribution in [3.63, 3.8) is 0 Å². The standard InChI is InChI=1S/C15H21NO3/c1-12(2)10-16-15(17)9-6-13-4-7-14(8-5-13)19-11-18-3/h4-9,12H,10-11H2,1-3H3,(H,16,17)/b9-6+. The number of methoxy groups -OCH3 is 1. The molecule has 4 nitrogen and oxygen atoms in total. The Bertz CT molecular complexity index is 410. The number of hydrogen-bond donors (Lipinski definition) is 1. The molecule has 0 spiro atoms. The van der Waals surface area contributed by atoms with Crippen molar-refractivity contribution in [1.29, 1.82) is 0 Å². The Morgan fingerprint density at radius 1 is 1.32 bits per heavy atom. The molecule has 104 valence electrons. The molecule has 0 aromatic heterocycles. The van der Waals surface area contributed by atoms with Crippen molar-refractivity contribution in [2.24, 2.45) is 5.92 Å². The molecule has 0 radical (unpaired) electrons. The molecule has 1 rings (SSSR count). The van der Waals surface area contributed by atoms with Crippen LogP contribution in [0, 0.1) is 5.92 Å². The summed E-state index contributed by atoms with van der Waals surface area (Å²) < 4.78 is 10.1. The van der Waals surface area contributed by atoms with Crippen molar-refractivity contribution in [3.05, 3.63) is 35.9 Å². The fraction of sp³-hybridized carbons (Fsp3) is 0.400. The van der Waals surface area contributed by atoms with E-state index in [2.05, 4.69) is 19.2 Å². The molecule has 0 bridgehead atoms. The molecule has 0 aliphatic carbocycles. The van der Waals surface area contributed by atoms with Gasteiger partial charge in [0.2, 0.25) is 5.91 Å². The highest BCUT2D eigenvalue weighted by atomic mass is 16.7. The summed E-state index contributed by atoms with van der Waals surface area (Å²) in [7, 11) is 1.58. The molecule has 1 N–H and O–H groups in total. The van der Waals surface area contributed by atoms with Gasteiger partial charge in [-0.3, -0.25) is 4.79 Å². The maximum atomic E-state index is 11.5. The van der Waals surface area contributed by atoms with Gasteiger partial charge in [0.15, 0.2) is 6.79 Å². The van der Waals surface area contributed by atoms with E-state index in [-0.39, 0.29) is 12.7 Å². The summed E-state index contributed by atoms with van der Waals surface area (Å²) in [5.41, 5.74) is 0.949. The lowest BCUT2D eigenvalue weighted by molar-refractivity contribution is -0.116. The van der Waals surface area contributed by atoms with Crippen molar-refractivity contribution >= 4 is 12.0 Å². The molecule has 0 aliphatic rings. The predicted molar refractivity (Wildman–Crippen MR) is 75.8 cm³/mol. The first-order chi connectivity index (χ1) is 9.11. The number of benzene rings is 1. The third-order valence-corrected chi connectivity index (χ3v) is 2.34. The van der Waals surface area contributed by atoms with E-state index in [1.54, 1.807) is 13.2 Å². The van der Waals surface area contributed by atoms with Crippen LogP contribution in [0.25, 0.3) is 6.08 Å². The maximum Gasteiger partial charge on any atom is 0.244 e. The lowest BCUT2D eigenvalue weighted by Crippen LogP contribution is -2.25. The van der Waals surface area contributed by atoms with E-state index < -0.39 is 0 Å². The summed E-state index contributed by atoms with van der Waals surface area (Å²) in [4.78, 5) is 11.5. The summed E-state index contributed by atoms with van der Waals surface area (Å²) >= 11 is 0. The Balaban J connectivity index is 2.45. The number of hydrogen-bond acceptors (Lipinski definition) is 3. The fourth-order valence-corrected chi connectivity index (χ4v) is 1.34. The Labute approximate surface area is 114 Å². The van der Waals surface area contributed by atoms with Gasteiger partial charge in [0.25, 0.3) is 0 Å². The maximum absolute atomic E-state index is 11.5. The monoisotopic (exact) mass is 263 g/mol. The minimum Gasteiger partial charge on any atom is -0.468 e. The largest absolute Gasteiger partial charge is 0.468 e. The van der Waals surface area contributed by atoms with E-state index in [4.69, 9.17) is 9.47 Å². The van der Waals surface area contributed by atoms with Gasteiger partial charge >= 0.3 is 0 Å². The van der Waals surface area contributed by atoms with Gasteiger partial charge in [-0.1, -0.05) is 26.0 Å². The normalized spacial score (nSPS) is 10.9. The highest BCUT2D eigenvalue weighted by Crippen LogP contribution is 2.13. The second kappa shape index (κ2) is 8.32. The average Bonchev–Trinajstić information content (AvgIpc) is 2.41. The van der Waals surface area contributed by atoms with E-state index in [1.807, 2.05) is 24.3 Å². The third kappa shape index (κ3) is 6.62. The summed E-state index contributed by atoms with van der Waals surface area (Å²) in [6.07, 6.45) is 3.31. The van der Waals surface area contributed by atoms with Gasteiger partial charge in [-0.2, -0.15) is 0 Å². The SMILES string of the molecule is COCOc1ccc(/C=C/C(=O)NCC(C)C)cc1. The number of carbonyl (C=O) groups excluding carboxylic acids is 1. The van der Waals surface area contributed by atoms with Gasteiger partial charge in [-0.25, -0.2) is 0 Å². The highest BCUT2D eigenvalue weighted by molar-refractivity contribution is 5.91. The van der Waals surface area contributed by atoms with Crippen LogP contribution in [0.5, 0.6) is 5.75 Å². The minimum absolute atomic E-state index is 0.0755. The van der Waals surface area contributed by atoms with Crippen LogP contribution in [0.15, 0.2) is 30.3 Å². The van der Waals surface area contributed by atoms with Gasteiger partial charge in [-0.05, 0) is 29.7 Å². The number of nitrogens with one attached hydrogen (secondary N) is 1. The van der Waals surface area contributed by atoms with Gasteiger partial charge < -0.3 is 14.8 Å². The van der Waals surface area contributed by atoms with Crippen molar-refractivity contribution < 1.29 is 14.3 Å². The summed E-state index contributed by atoms with van der Waals surface area (Å²) in [6, 6.07) is 7.45. The molecule has 1 aromatic carbocycles. The van der Waals surface area contributed by atoms with Crippen molar-refractivity contribution in [2.45, 2.75) is 13.8 Å². The second-order valence-corrected chi connectivity index (χ2v) is 4.59. The van der Waals surface area contributed by atoms with Crippen molar-refractivity contribution in [1.82, 2.24) is 5.32 Å². The molecular formula is C15H21NO3. The predicted octanol–water partition coefficient (Wildman–Crippen LogP) is 2.45. The van der Waals surface area contributed by atoms with E-state index in [0.29, 0.717) is 12.5 Å². The van der Waals surface area contributed by atoms with Crippen LogP contribution in [0.3, 0.4) is 0 Å². The number of carbonyl (C=O) groups is 1. The first-order valence-corrected chi connectivity index (χ1v) is 6.29. The molecule has 0 saturated heterocycles. The van der Waals surface area contributed by atoms with Gasteiger partial charge in [0.05, 0.1) is 0 Å². The Morgan fingerprint density at radius 2 is 2.00 bits per heavy atom. The van der Waals surface area contributed by atoms with Crippen molar-refractivity contribution in [2.75, 3.05) is 20.4 Å². The molecule has 0 aliphatic heterocycles. The van der Waals surface area contributed by atoms with Crippen LogP contribution < -0.4 is 10.1 Å². The van der Waals surface area contributed by atoms with Crippen molar-refractivity contribution in [3.8, 4) is 5.75 Å². The number of amides is 1. The van der Waals surface area contributed by atoms with Crippen LogP contribution in [-0.2, 0) is 9.53 Å².